The summed E-state index contributed by atoms with van der Waals surface area (Å²) in [4.78, 5) is 4.27. The second-order valence-corrected chi connectivity index (χ2v) is 6.66. The molecule has 1 aromatic heterocycles. The molecule has 6 nitrogen and oxygen atoms in total. The number of nitrogens with one attached hydrogen (secondary N) is 2. The van der Waals surface area contributed by atoms with E-state index in [4.69, 9.17) is 4.74 Å². The minimum atomic E-state index is 0.823. The topological polar surface area (TPSA) is 63.5 Å². The number of rotatable bonds is 10. The molecule has 1 saturated carbocycles. The standard InChI is InChI=1S/C20H29N5O/c1-21-20(22-11-3-15-26-16-18-4-5-18)23-13-10-17-6-8-19(9-7-17)25-14-2-12-24-25/h2,6-9,12,14,18H,3-5,10-11,13,15-16H2,1H3,(H2,21,22,23). The minimum absolute atomic E-state index is 0.823. The first-order valence-electron chi connectivity index (χ1n) is 9.46. The Hall–Kier alpha value is -2.34. The van der Waals surface area contributed by atoms with Crippen LogP contribution in [-0.2, 0) is 11.2 Å². The highest BCUT2D eigenvalue weighted by molar-refractivity contribution is 5.79. The summed E-state index contributed by atoms with van der Waals surface area (Å²) in [6.07, 6.45) is 8.38. The molecule has 2 N–H and O–H groups in total. The molecule has 6 heteroatoms. The van der Waals surface area contributed by atoms with Crippen molar-refractivity contribution in [2.45, 2.75) is 25.7 Å². The summed E-state index contributed by atoms with van der Waals surface area (Å²) < 4.78 is 7.51. The van der Waals surface area contributed by atoms with Gasteiger partial charge in [0.25, 0.3) is 0 Å². The molecule has 0 atom stereocenters. The maximum absolute atomic E-state index is 5.64. The maximum atomic E-state index is 5.64. The van der Waals surface area contributed by atoms with Crippen LogP contribution in [0.2, 0.25) is 0 Å². The first-order chi connectivity index (χ1) is 12.8. The van der Waals surface area contributed by atoms with Crippen molar-refractivity contribution in [2.75, 3.05) is 33.4 Å². The molecular weight excluding hydrogens is 326 g/mol. The van der Waals surface area contributed by atoms with Gasteiger partial charge < -0.3 is 15.4 Å². The van der Waals surface area contributed by atoms with E-state index >= 15 is 0 Å². The van der Waals surface area contributed by atoms with Gasteiger partial charge in [0, 0.05) is 45.7 Å². The second-order valence-electron chi connectivity index (χ2n) is 6.66. The van der Waals surface area contributed by atoms with Crippen molar-refractivity contribution in [3.8, 4) is 5.69 Å². The number of nitrogens with zero attached hydrogens (tertiary/aromatic N) is 3. The maximum Gasteiger partial charge on any atom is 0.190 e. The van der Waals surface area contributed by atoms with E-state index in [1.807, 2.05) is 16.9 Å². The summed E-state index contributed by atoms with van der Waals surface area (Å²) in [7, 11) is 1.80. The number of ether oxygens (including phenoxy) is 1. The Morgan fingerprint density at radius 2 is 2.04 bits per heavy atom. The fraction of sp³-hybridized carbons (Fsp3) is 0.500. The lowest BCUT2D eigenvalue weighted by Gasteiger charge is -2.12. The first-order valence-corrected chi connectivity index (χ1v) is 9.46. The van der Waals surface area contributed by atoms with Crippen LogP contribution in [0.15, 0.2) is 47.7 Å². The van der Waals surface area contributed by atoms with E-state index < -0.39 is 0 Å². The monoisotopic (exact) mass is 355 g/mol. The minimum Gasteiger partial charge on any atom is -0.381 e. The van der Waals surface area contributed by atoms with Crippen molar-refractivity contribution in [3.05, 3.63) is 48.3 Å². The molecule has 1 aromatic carbocycles. The quantitative estimate of drug-likeness (QED) is 0.390. The Balaban J connectivity index is 1.29. The molecule has 0 saturated heterocycles. The molecule has 140 valence electrons. The number of guanidine groups is 1. The van der Waals surface area contributed by atoms with E-state index in [1.54, 1.807) is 13.2 Å². The van der Waals surface area contributed by atoms with E-state index in [9.17, 15) is 0 Å². The smallest absolute Gasteiger partial charge is 0.190 e. The zero-order valence-electron chi connectivity index (χ0n) is 15.5. The molecule has 3 rings (SSSR count). The Labute approximate surface area is 155 Å². The molecule has 26 heavy (non-hydrogen) atoms. The normalized spacial score (nSPS) is 14.4. The highest BCUT2D eigenvalue weighted by Gasteiger charge is 2.20. The van der Waals surface area contributed by atoms with Gasteiger partial charge in [0.2, 0.25) is 0 Å². The summed E-state index contributed by atoms with van der Waals surface area (Å²) in [6.45, 7) is 3.48. The molecule has 0 radical (unpaired) electrons. The average Bonchev–Trinajstić information content (AvgIpc) is 3.34. The van der Waals surface area contributed by atoms with Crippen molar-refractivity contribution < 1.29 is 4.74 Å². The molecular formula is C20H29N5O. The number of aliphatic imine (C=N–C) groups is 1. The third kappa shape index (κ3) is 6.19. The average molecular weight is 355 g/mol. The summed E-state index contributed by atoms with van der Waals surface area (Å²) in [5.41, 5.74) is 2.37. The molecule has 0 spiro atoms. The van der Waals surface area contributed by atoms with Gasteiger partial charge in [-0.3, -0.25) is 4.99 Å². The van der Waals surface area contributed by atoms with Gasteiger partial charge in [-0.1, -0.05) is 12.1 Å². The number of hydrogen-bond donors (Lipinski definition) is 2. The predicted molar refractivity (Wildman–Crippen MR) is 105 cm³/mol. The zero-order chi connectivity index (χ0) is 18.0. The van der Waals surface area contributed by atoms with Gasteiger partial charge in [-0.2, -0.15) is 5.10 Å². The van der Waals surface area contributed by atoms with Gasteiger partial charge in [-0.25, -0.2) is 4.68 Å². The van der Waals surface area contributed by atoms with Crippen LogP contribution in [0.3, 0.4) is 0 Å². The third-order valence-electron chi connectivity index (χ3n) is 4.44. The lowest BCUT2D eigenvalue weighted by Crippen LogP contribution is -2.39. The summed E-state index contributed by atoms with van der Waals surface area (Å²) >= 11 is 0. The van der Waals surface area contributed by atoms with Crippen LogP contribution < -0.4 is 10.6 Å². The lowest BCUT2D eigenvalue weighted by atomic mass is 10.1. The molecule has 2 aromatic rings. The van der Waals surface area contributed by atoms with Crippen LogP contribution in [0, 0.1) is 5.92 Å². The van der Waals surface area contributed by atoms with Crippen molar-refractivity contribution in [2.24, 2.45) is 10.9 Å². The van der Waals surface area contributed by atoms with E-state index in [1.165, 1.54) is 18.4 Å². The lowest BCUT2D eigenvalue weighted by molar-refractivity contribution is 0.123. The summed E-state index contributed by atoms with van der Waals surface area (Å²) in [5.74, 6) is 1.69. The Morgan fingerprint density at radius 3 is 2.73 bits per heavy atom. The van der Waals surface area contributed by atoms with Crippen LogP contribution in [0.1, 0.15) is 24.8 Å². The van der Waals surface area contributed by atoms with Crippen molar-refractivity contribution in [1.29, 1.82) is 0 Å². The number of aromatic nitrogens is 2. The van der Waals surface area contributed by atoms with Crippen LogP contribution in [0.5, 0.6) is 0 Å². The van der Waals surface area contributed by atoms with Gasteiger partial charge in [-0.15, -0.1) is 0 Å². The second kappa shape index (κ2) is 9.97. The largest absolute Gasteiger partial charge is 0.381 e. The van der Waals surface area contributed by atoms with Crippen LogP contribution in [0.4, 0.5) is 0 Å². The van der Waals surface area contributed by atoms with E-state index in [-0.39, 0.29) is 0 Å². The summed E-state index contributed by atoms with van der Waals surface area (Å²) in [6, 6.07) is 10.4. The molecule has 0 bridgehead atoms. The van der Waals surface area contributed by atoms with Crippen molar-refractivity contribution in [3.63, 3.8) is 0 Å². The molecule has 0 aliphatic heterocycles. The number of benzene rings is 1. The first kappa shape index (κ1) is 18.5. The Kier molecular flexibility index (Phi) is 7.07. The Morgan fingerprint density at radius 1 is 1.23 bits per heavy atom. The molecule has 1 aliphatic carbocycles. The fourth-order valence-corrected chi connectivity index (χ4v) is 2.70. The van der Waals surface area contributed by atoms with E-state index in [0.717, 1.165) is 56.7 Å². The predicted octanol–water partition coefficient (Wildman–Crippen LogP) is 2.40. The molecule has 0 amide bonds. The SMILES string of the molecule is CN=C(NCCCOCC1CC1)NCCc1ccc(-n2cccn2)cc1. The summed E-state index contributed by atoms with van der Waals surface area (Å²) in [5, 5.41) is 10.9. The van der Waals surface area contributed by atoms with Crippen molar-refractivity contribution >= 4 is 5.96 Å². The van der Waals surface area contributed by atoms with Crippen molar-refractivity contribution in [1.82, 2.24) is 20.4 Å². The zero-order valence-corrected chi connectivity index (χ0v) is 15.5. The fourth-order valence-electron chi connectivity index (χ4n) is 2.70. The molecule has 1 fully saturated rings. The van der Waals surface area contributed by atoms with Gasteiger partial charge >= 0.3 is 0 Å². The third-order valence-corrected chi connectivity index (χ3v) is 4.44. The highest BCUT2D eigenvalue weighted by Crippen LogP contribution is 2.28. The molecule has 1 heterocycles. The van der Waals surface area contributed by atoms with Gasteiger partial charge in [0.05, 0.1) is 5.69 Å². The highest BCUT2D eigenvalue weighted by atomic mass is 16.5. The van der Waals surface area contributed by atoms with Gasteiger partial charge in [0.15, 0.2) is 5.96 Å². The Bertz CT molecular complexity index is 662. The van der Waals surface area contributed by atoms with Gasteiger partial charge in [0.1, 0.15) is 0 Å². The molecule has 0 unspecified atom stereocenters. The van der Waals surface area contributed by atoms with E-state index in [2.05, 4.69) is 45.0 Å². The number of hydrogen-bond acceptors (Lipinski definition) is 3. The molecule has 1 aliphatic rings. The van der Waals surface area contributed by atoms with Crippen LogP contribution in [-0.4, -0.2) is 49.1 Å². The van der Waals surface area contributed by atoms with Gasteiger partial charge in [-0.05, 0) is 55.4 Å². The van der Waals surface area contributed by atoms with E-state index in [0.29, 0.717) is 0 Å². The van der Waals surface area contributed by atoms with Crippen LogP contribution in [0.25, 0.3) is 5.69 Å². The van der Waals surface area contributed by atoms with Crippen LogP contribution >= 0.6 is 0 Å².